The second kappa shape index (κ2) is 15.5. The van der Waals surface area contributed by atoms with Crippen molar-refractivity contribution in [3.05, 3.63) is 0 Å². The molecule has 0 aromatic rings. The fourth-order valence-corrected chi connectivity index (χ4v) is 0.907. The lowest BCUT2D eigenvalue weighted by Gasteiger charge is -2.05. The average Bonchev–Trinajstić information content (AvgIpc) is 2.66. The van der Waals surface area contributed by atoms with Crippen molar-refractivity contribution in [3.8, 4) is 0 Å². The molecule has 0 atom stereocenters. The van der Waals surface area contributed by atoms with Crippen molar-refractivity contribution < 1.29 is 38.1 Å². The summed E-state index contributed by atoms with van der Waals surface area (Å²) in [5, 5.41) is 8.11. The second-order valence-corrected chi connectivity index (χ2v) is 3.67. The SMILES string of the molecule is COC(=O)NC(=NCl)NC(=O)OC.COC(=O)NC(=NCl)NC(=O)OC. The number of guanidine groups is 2. The van der Waals surface area contributed by atoms with Gasteiger partial charge in [0.15, 0.2) is 0 Å². The molecule has 148 valence electrons. The maximum absolute atomic E-state index is 10.6. The van der Waals surface area contributed by atoms with Gasteiger partial charge in [0.2, 0.25) is 11.9 Å². The molecular formula is C10H16Cl2N6O8. The highest BCUT2D eigenvalue weighted by Crippen LogP contribution is 1.82. The summed E-state index contributed by atoms with van der Waals surface area (Å²) in [6.45, 7) is 0. The van der Waals surface area contributed by atoms with Crippen molar-refractivity contribution in [2.24, 2.45) is 9.02 Å². The maximum atomic E-state index is 10.6. The minimum absolute atomic E-state index is 0.277. The minimum atomic E-state index is -0.809. The molecule has 4 amide bonds. The Labute approximate surface area is 157 Å². The van der Waals surface area contributed by atoms with Crippen LogP contribution in [0.4, 0.5) is 19.2 Å². The van der Waals surface area contributed by atoms with E-state index >= 15 is 0 Å². The number of carbonyl (C=O) groups is 4. The van der Waals surface area contributed by atoms with Crippen molar-refractivity contribution in [2.45, 2.75) is 0 Å². The van der Waals surface area contributed by atoms with Gasteiger partial charge in [0.25, 0.3) is 0 Å². The summed E-state index contributed by atoms with van der Waals surface area (Å²) in [4.78, 5) is 42.3. The molecule has 0 fully saturated rings. The number of rotatable bonds is 0. The van der Waals surface area contributed by atoms with Crippen LogP contribution in [0.3, 0.4) is 0 Å². The molecular weight excluding hydrogens is 403 g/mol. The Morgan fingerprint density at radius 3 is 0.885 bits per heavy atom. The summed E-state index contributed by atoms with van der Waals surface area (Å²) in [7, 11) is 4.61. The van der Waals surface area contributed by atoms with Gasteiger partial charge in [0.1, 0.15) is 0 Å². The molecule has 4 N–H and O–H groups in total. The van der Waals surface area contributed by atoms with Gasteiger partial charge in [-0.15, -0.1) is 9.02 Å². The van der Waals surface area contributed by atoms with Crippen molar-refractivity contribution in [3.63, 3.8) is 0 Å². The Balaban J connectivity index is 0. The van der Waals surface area contributed by atoms with E-state index in [1.807, 2.05) is 21.3 Å². The molecule has 16 heteroatoms. The quantitative estimate of drug-likeness (QED) is 0.248. The van der Waals surface area contributed by atoms with Gasteiger partial charge >= 0.3 is 24.4 Å². The summed E-state index contributed by atoms with van der Waals surface area (Å²) in [6.07, 6.45) is -3.24. The van der Waals surface area contributed by atoms with Crippen LogP contribution in [0.2, 0.25) is 0 Å². The highest BCUT2D eigenvalue weighted by Gasteiger charge is 2.09. The number of carbonyl (C=O) groups excluding carboxylic acids is 4. The molecule has 0 bridgehead atoms. The first-order valence-corrected chi connectivity index (χ1v) is 6.73. The van der Waals surface area contributed by atoms with Gasteiger partial charge in [-0.1, -0.05) is 0 Å². The largest absolute Gasteiger partial charge is 0.453 e. The third kappa shape index (κ3) is 13.4. The van der Waals surface area contributed by atoms with E-state index in [1.165, 1.54) is 0 Å². The predicted octanol–water partition coefficient (Wildman–Crippen LogP) is 0.416. The van der Waals surface area contributed by atoms with E-state index in [9.17, 15) is 19.2 Å². The monoisotopic (exact) mass is 418 g/mol. The van der Waals surface area contributed by atoms with E-state index in [-0.39, 0.29) is 11.9 Å². The molecule has 0 heterocycles. The topological polar surface area (TPSA) is 178 Å². The number of hydrogen-bond donors (Lipinski definition) is 4. The van der Waals surface area contributed by atoms with Gasteiger partial charge in [0, 0.05) is 23.6 Å². The molecule has 0 spiro atoms. The van der Waals surface area contributed by atoms with Crippen molar-refractivity contribution >= 4 is 59.8 Å². The first-order chi connectivity index (χ1) is 12.3. The van der Waals surface area contributed by atoms with E-state index in [0.29, 0.717) is 0 Å². The predicted molar refractivity (Wildman–Crippen MR) is 88.7 cm³/mol. The first kappa shape index (κ1) is 25.2. The Hall–Kier alpha value is -3.00. The van der Waals surface area contributed by atoms with E-state index in [0.717, 1.165) is 28.4 Å². The second-order valence-electron chi connectivity index (χ2n) is 3.33. The molecule has 0 aromatic heterocycles. The molecule has 0 aromatic carbocycles. The zero-order valence-corrected chi connectivity index (χ0v) is 15.4. The number of amides is 4. The Kier molecular flexibility index (Phi) is 15.1. The standard InChI is InChI=1S/2C5H8ClN3O4/c2*1-12-4(10)7-3(9-6)8-5(11)13-2/h2*1-2H3,(H2,7,8,9,10,11). The third-order valence-corrected chi connectivity index (χ3v) is 2.13. The van der Waals surface area contributed by atoms with Crippen molar-refractivity contribution in [2.75, 3.05) is 28.4 Å². The van der Waals surface area contributed by atoms with Gasteiger partial charge in [-0.3, -0.25) is 21.3 Å². The molecule has 14 nitrogen and oxygen atoms in total. The molecule has 0 aliphatic heterocycles. The minimum Gasteiger partial charge on any atom is -0.453 e. The van der Waals surface area contributed by atoms with E-state index in [1.54, 1.807) is 0 Å². The van der Waals surface area contributed by atoms with Gasteiger partial charge in [-0.05, 0) is 0 Å². The lowest BCUT2D eigenvalue weighted by Crippen LogP contribution is -2.43. The van der Waals surface area contributed by atoms with Gasteiger partial charge in [-0.25, -0.2) is 19.2 Å². The fraction of sp³-hybridized carbons (Fsp3) is 0.400. The lowest BCUT2D eigenvalue weighted by atomic mass is 10.8. The Morgan fingerprint density at radius 1 is 0.577 bits per heavy atom. The third-order valence-electron chi connectivity index (χ3n) is 1.79. The fourth-order valence-electron chi connectivity index (χ4n) is 0.738. The number of halogens is 2. The lowest BCUT2D eigenvalue weighted by molar-refractivity contribution is 0.171. The zero-order valence-electron chi connectivity index (χ0n) is 13.9. The van der Waals surface area contributed by atoms with Crippen LogP contribution in [-0.4, -0.2) is 64.7 Å². The maximum Gasteiger partial charge on any atom is 0.413 e. The van der Waals surface area contributed by atoms with Crippen LogP contribution in [0.1, 0.15) is 0 Å². The summed E-state index contributed by atoms with van der Waals surface area (Å²) in [5.74, 6) is -0.555. The summed E-state index contributed by atoms with van der Waals surface area (Å²) in [6, 6.07) is 0. The molecule has 0 radical (unpaired) electrons. The summed E-state index contributed by atoms with van der Waals surface area (Å²) < 4.78 is 22.9. The normalized spacial score (nSPS) is 8.23. The van der Waals surface area contributed by atoms with E-state index in [2.05, 4.69) is 28.0 Å². The molecule has 26 heavy (non-hydrogen) atoms. The summed E-state index contributed by atoms with van der Waals surface area (Å²) in [5.41, 5.74) is 0. The van der Waals surface area contributed by atoms with E-state index in [4.69, 9.17) is 23.6 Å². The van der Waals surface area contributed by atoms with Crippen LogP contribution in [0.5, 0.6) is 0 Å². The van der Waals surface area contributed by atoms with Gasteiger partial charge < -0.3 is 18.9 Å². The summed E-state index contributed by atoms with van der Waals surface area (Å²) >= 11 is 10.0. The van der Waals surface area contributed by atoms with Crippen LogP contribution in [-0.2, 0) is 18.9 Å². The number of ether oxygens (including phenoxy) is 4. The number of hydrogen-bond acceptors (Lipinski definition) is 10. The number of nitrogens with one attached hydrogen (secondary N) is 4. The molecule has 0 saturated heterocycles. The highest BCUT2D eigenvalue weighted by molar-refractivity contribution is 6.22. The van der Waals surface area contributed by atoms with E-state index < -0.39 is 24.4 Å². The molecule has 0 aliphatic rings. The smallest absolute Gasteiger partial charge is 0.413 e. The Bertz CT molecular complexity index is 468. The highest BCUT2D eigenvalue weighted by atomic mass is 35.5. The molecule has 0 rings (SSSR count). The number of nitrogens with zero attached hydrogens (tertiary/aromatic N) is 2. The average molecular weight is 419 g/mol. The van der Waals surface area contributed by atoms with Crippen LogP contribution < -0.4 is 21.3 Å². The van der Waals surface area contributed by atoms with Crippen LogP contribution in [0, 0.1) is 0 Å². The number of methoxy groups -OCH3 is 4. The van der Waals surface area contributed by atoms with Crippen molar-refractivity contribution in [1.29, 1.82) is 0 Å². The van der Waals surface area contributed by atoms with Crippen molar-refractivity contribution in [1.82, 2.24) is 21.3 Å². The molecule has 0 aliphatic carbocycles. The van der Waals surface area contributed by atoms with Gasteiger partial charge in [0.05, 0.1) is 28.4 Å². The van der Waals surface area contributed by atoms with Crippen LogP contribution in [0.25, 0.3) is 0 Å². The first-order valence-electron chi connectivity index (χ1n) is 6.05. The van der Waals surface area contributed by atoms with Crippen LogP contribution in [0.15, 0.2) is 9.02 Å². The Morgan fingerprint density at radius 2 is 0.769 bits per heavy atom. The van der Waals surface area contributed by atoms with Gasteiger partial charge in [-0.2, -0.15) is 0 Å². The number of alkyl carbamates (subject to hydrolysis) is 4. The van der Waals surface area contributed by atoms with Crippen LogP contribution >= 0.6 is 23.6 Å². The molecule has 0 saturated carbocycles. The zero-order chi connectivity index (χ0) is 20.5. The molecule has 0 unspecified atom stereocenters.